The predicted octanol–water partition coefficient (Wildman–Crippen LogP) is 2.92. The molecular weight excluding hydrogens is 327 g/mol. The van der Waals surface area contributed by atoms with Crippen LogP contribution in [0, 0.1) is 5.82 Å². The maximum atomic E-state index is 13.6. The smallest absolute Gasteiger partial charge is 0.255 e. The highest BCUT2D eigenvalue weighted by Crippen LogP contribution is 2.19. The number of pyridine rings is 1. The number of hydrogen-bond acceptors (Lipinski definition) is 3. The van der Waals surface area contributed by atoms with Crippen molar-refractivity contribution in [2.24, 2.45) is 0 Å². The van der Waals surface area contributed by atoms with Crippen molar-refractivity contribution >= 4 is 21.8 Å². The van der Waals surface area contributed by atoms with Crippen LogP contribution >= 0.6 is 15.9 Å². The fourth-order valence-electron chi connectivity index (χ4n) is 1.66. The average molecular weight is 339 g/mol. The van der Waals surface area contributed by atoms with Crippen molar-refractivity contribution in [1.29, 1.82) is 0 Å². The van der Waals surface area contributed by atoms with Crippen molar-refractivity contribution in [3.63, 3.8) is 0 Å². The molecule has 0 aliphatic heterocycles. The predicted molar refractivity (Wildman–Crippen MR) is 76.1 cm³/mol. The van der Waals surface area contributed by atoms with E-state index in [1.165, 1.54) is 19.2 Å². The van der Waals surface area contributed by atoms with E-state index in [0.29, 0.717) is 10.4 Å². The first-order chi connectivity index (χ1) is 9.61. The lowest BCUT2D eigenvalue weighted by molar-refractivity contribution is 0.0946. The molecule has 0 spiro atoms. The first-order valence-corrected chi connectivity index (χ1v) is 6.62. The van der Waals surface area contributed by atoms with Gasteiger partial charge in [-0.05, 0) is 39.7 Å². The number of hydrogen-bond donors (Lipinski definition) is 1. The second-order valence-corrected chi connectivity index (χ2v) is 4.84. The molecule has 1 heterocycles. The molecule has 1 aromatic heterocycles. The summed E-state index contributed by atoms with van der Waals surface area (Å²) in [5, 5.41) is 2.66. The van der Waals surface area contributed by atoms with E-state index in [1.54, 1.807) is 24.4 Å². The highest BCUT2D eigenvalue weighted by atomic mass is 79.9. The third-order valence-corrected chi connectivity index (χ3v) is 3.31. The molecule has 1 aromatic carbocycles. The zero-order valence-electron chi connectivity index (χ0n) is 10.7. The van der Waals surface area contributed by atoms with Crippen molar-refractivity contribution in [2.45, 2.75) is 6.54 Å². The Morgan fingerprint density at radius 2 is 2.25 bits per heavy atom. The van der Waals surface area contributed by atoms with Crippen LogP contribution in [0.3, 0.4) is 0 Å². The second-order valence-electron chi connectivity index (χ2n) is 3.99. The maximum Gasteiger partial charge on any atom is 0.255 e. The summed E-state index contributed by atoms with van der Waals surface area (Å²) < 4.78 is 19.0. The number of rotatable bonds is 4. The number of benzene rings is 1. The minimum Gasteiger partial charge on any atom is -0.481 e. The van der Waals surface area contributed by atoms with Gasteiger partial charge in [0.1, 0.15) is 5.82 Å². The summed E-state index contributed by atoms with van der Waals surface area (Å²) in [6.45, 7) is 0.262. The molecule has 2 rings (SSSR count). The van der Waals surface area contributed by atoms with Gasteiger partial charge in [0, 0.05) is 23.3 Å². The SMILES string of the molecule is COc1cc(CNC(=O)c2c(F)cccc2Br)ccn1. The minimum absolute atomic E-state index is 0.00600. The summed E-state index contributed by atoms with van der Waals surface area (Å²) in [5.74, 6) is -0.584. The molecule has 0 aliphatic rings. The van der Waals surface area contributed by atoms with E-state index in [-0.39, 0.29) is 12.1 Å². The monoisotopic (exact) mass is 338 g/mol. The number of ether oxygens (including phenoxy) is 1. The van der Waals surface area contributed by atoms with Gasteiger partial charge in [0.05, 0.1) is 12.7 Å². The van der Waals surface area contributed by atoms with Gasteiger partial charge in [-0.2, -0.15) is 0 Å². The zero-order chi connectivity index (χ0) is 14.5. The molecule has 0 unspecified atom stereocenters. The molecule has 0 atom stereocenters. The summed E-state index contributed by atoms with van der Waals surface area (Å²) in [4.78, 5) is 16.0. The molecule has 0 fully saturated rings. The van der Waals surface area contributed by atoms with Crippen LogP contribution in [0.2, 0.25) is 0 Å². The van der Waals surface area contributed by atoms with Gasteiger partial charge in [-0.1, -0.05) is 6.07 Å². The highest BCUT2D eigenvalue weighted by Gasteiger charge is 2.14. The normalized spacial score (nSPS) is 10.2. The number of nitrogens with zero attached hydrogens (tertiary/aromatic N) is 1. The van der Waals surface area contributed by atoms with Crippen LogP contribution in [0.4, 0.5) is 4.39 Å². The lowest BCUT2D eigenvalue weighted by Gasteiger charge is -2.08. The van der Waals surface area contributed by atoms with Crippen LogP contribution in [-0.2, 0) is 6.54 Å². The molecule has 2 aromatic rings. The average Bonchev–Trinajstić information content (AvgIpc) is 2.45. The molecule has 0 radical (unpaired) electrons. The third kappa shape index (κ3) is 3.33. The topological polar surface area (TPSA) is 51.2 Å². The van der Waals surface area contributed by atoms with Crippen molar-refractivity contribution < 1.29 is 13.9 Å². The largest absolute Gasteiger partial charge is 0.481 e. The van der Waals surface area contributed by atoms with E-state index in [9.17, 15) is 9.18 Å². The molecular formula is C14H12BrFN2O2. The van der Waals surface area contributed by atoms with Gasteiger partial charge in [0.2, 0.25) is 5.88 Å². The minimum atomic E-state index is -0.566. The number of amides is 1. The molecule has 20 heavy (non-hydrogen) atoms. The lowest BCUT2D eigenvalue weighted by atomic mass is 10.2. The van der Waals surface area contributed by atoms with E-state index in [2.05, 4.69) is 26.2 Å². The Bertz CT molecular complexity index is 614. The van der Waals surface area contributed by atoms with E-state index in [1.807, 2.05) is 0 Å². The Balaban J connectivity index is 2.09. The summed E-state index contributed by atoms with van der Waals surface area (Å²) in [6, 6.07) is 7.85. The Labute approximate surface area is 124 Å². The lowest BCUT2D eigenvalue weighted by Crippen LogP contribution is -2.24. The molecule has 0 bridgehead atoms. The third-order valence-electron chi connectivity index (χ3n) is 2.65. The van der Waals surface area contributed by atoms with Crippen LogP contribution in [0.15, 0.2) is 41.0 Å². The van der Waals surface area contributed by atoms with E-state index < -0.39 is 11.7 Å². The first-order valence-electron chi connectivity index (χ1n) is 5.83. The summed E-state index contributed by atoms with van der Waals surface area (Å²) in [7, 11) is 1.52. The van der Waals surface area contributed by atoms with Crippen molar-refractivity contribution in [2.75, 3.05) is 7.11 Å². The maximum absolute atomic E-state index is 13.6. The Morgan fingerprint density at radius 3 is 2.95 bits per heavy atom. The number of carbonyl (C=O) groups is 1. The van der Waals surface area contributed by atoms with Gasteiger partial charge in [-0.3, -0.25) is 4.79 Å². The Morgan fingerprint density at radius 1 is 1.45 bits per heavy atom. The Kier molecular flexibility index (Phi) is 4.68. The van der Waals surface area contributed by atoms with Crippen LogP contribution < -0.4 is 10.1 Å². The van der Waals surface area contributed by atoms with Gasteiger partial charge < -0.3 is 10.1 Å². The van der Waals surface area contributed by atoms with Gasteiger partial charge in [0.15, 0.2) is 0 Å². The standard InChI is InChI=1S/C14H12BrFN2O2/c1-20-12-7-9(5-6-17-12)8-18-14(19)13-10(15)3-2-4-11(13)16/h2-7H,8H2,1H3,(H,18,19). The highest BCUT2D eigenvalue weighted by molar-refractivity contribution is 9.10. The van der Waals surface area contributed by atoms with Crippen molar-refractivity contribution in [3.05, 3.63) is 57.9 Å². The van der Waals surface area contributed by atoms with Gasteiger partial charge >= 0.3 is 0 Å². The van der Waals surface area contributed by atoms with Crippen LogP contribution in [0.25, 0.3) is 0 Å². The molecule has 104 valence electrons. The summed E-state index contributed by atoms with van der Waals surface area (Å²) in [5.41, 5.74) is 0.811. The van der Waals surface area contributed by atoms with Crippen molar-refractivity contribution in [3.8, 4) is 5.88 Å². The molecule has 0 saturated heterocycles. The van der Waals surface area contributed by atoms with Gasteiger partial charge in [-0.25, -0.2) is 9.37 Å². The number of halogens is 2. The molecule has 4 nitrogen and oxygen atoms in total. The number of nitrogens with one attached hydrogen (secondary N) is 1. The number of aromatic nitrogens is 1. The molecule has 0 saturated carbocycles. The van der Waals surface area contributed by atoms with E-state index in [0.717, 1.165) is 5.56 Å². The quantitative estimate of drug-likeness (QED) is 0.932. The van der Waals surface area contributed by atoms with Crippen LogP contribution in [-0.4, -0.2) is 18.0 Å². The molecule has 1 amide bonds. The van der Waals surface area contributed by atoms with Gasteiger partial charge in [0.25, 0.3) is 5.91 Å². The summed E-state index contributed by atoms with van der Waals surface area (Å²) in [6.07, 6.45) is 1.58. The van der Waals surface area contributed by atoms with Crippen LogP contribution in [0.1, 0.15) is 15.9 Å². The van der Waals surface area contributed by atoms with Crippen LogP contribution in [0.5, 0.6) is 5.88 Å². The second kappa shape index (κ2) is 6.47. The molecule has 6 heteroatoms. The zero-order valence-corrected chi connectivity index (χ0v) is 12.3. The number of carbonyl (C=O) groups excluding carboxylic acids is 1. The number of methoxy groups -OCH3 is 1. The van der Waals surface area contributed by atoms with Crippen molar-refractivity contribution in [1.82, 2.24) is 10.3 Å². The molecule has 1 N–H and O–H groups in total. The fraction of sp³-hybridized carbons (Fsp3) is 0.143. The molecule has 0 aliphatic carbocycles. The Hall–Kier alpha value is -1.95. The van der Waals surface area contributed by atoms with E-state index in [4.69, 9.17) is 4.74 Å². The fourth-order valence-corrected chi connectivity index (χ4v) is 2.18. The summed E-state index contributed by atoms with van der Waals surface area (Å²) >= 11 is 3.17. The van der Waals surface area contributed by atoms with E-state index >= 15 is 0 Å². The first kappa shape index (κ1) is 14.5. The van der Waals surface area contributed by atoms with Gasteiger partial charge in [-0.15, -0.1) is 0 Å².